The number of nitrogens with one attached hydrogen (secondary N) is 6. The molecule has 1 saturated carbocycles. The van der Waals surface area contributed by atoms with Crippen LogP contribution in [0.15, 0.2) is 112 Å². The van der Waals surface area contributed by atoms with Gasteiger partial charge in [0.1, 0.15) is 17.2 Å². The van der Waals surface area contributed by atoms with E-state index in [0.29, 0.717) is 59.5 Å². The molecule has 0 unspecified atom stereocenters. The highest BCUT2D eigenvalue weighted by Crippen LogP contribution is 2.37. The zero-order valence-corrected chi connectivity index (χ0v) is 44.3. The zero-order chi connectivity index (χ0) is 45.7. The second-order valence-corrected chi connectivity index (χ2v) is 19.8. The molecule has 1 aliphatic carbocycles. The van der Waals surface area contributed by atoms with E-state index in [2.05, 4.69) is 127 Å². The molecule has 6 rings (SSSR count). The third-order valence-corrected chi connectivity index (χ3v) is 12.8. The van der Waals surface area contributed by atoms with Crippen molar-refractivity contribution in [3.05, 3.63) is 122 Å². The van der Waals surface area contributed by atoms with E-state index < -0.39 is 11.7 Å². The van der Waals surface area contributed by atoms with Crippen molar-refractivity contribution in [2.45, 2.75) is 44.3 Å². The van der Waals surface area contributed by atoms with E-state index in [0.717, 1.165) is 29.2 Å². The Labute approximate surface area is 427 Å². The smallest absolute Gasteiger partial charge is 0.416 e. The van der Waals surface area contributed by atoms with E-state index in [1.165, 1.54) is 44.2 Å². The van der Waals surface area contributed by atoms with Crippen LogP contribution in [0.2, 0.25) is 5.02 Å². The molecule has 9 nitrogen and oxygen atoms in total. The van der Waals surface area contributed by atoms with Gasteiger partial charge in [-0.2, -0.15) is 13.2 Å². The Morgan fingerprint density at radius 1 is 0.500 bits per heavy atom. The predicted molar refractivity (Wildman–Crippen MR) is 279 cm³/mol. The minimum atomic E-state index is -4.37. The number of anilines is 5. The van der Waals surface area contributed by atoms with Gasteiger partial charge in [0.15, 0.2) is 15.3 Å². The molecule has 330 valence electrons. The summed E-state index contributed by atoms with van der Waals surface area (Å²) in [5.41, 5.74) is 2.70. The highest BCUT2D eigenvalue weighted by atomic mass is 79.9. The minimum absolute atomic E-state index is 0.0529. The molecular formula is C40H34Br6ClF3N6O3S3. The lowest BCUT2D eigenvalue weighted by Crippen LogP contribution is -2.38. The molecule has 62 heavy (non-hydrogen) atoms. The second-order valence-electron chi connectivity index (χ2n) is 13.0. The fraction of sp³-hybridized carbons (Fsp3) is 0.175. The lowest BCUT2D eigenvalue weighted by atomic mass is 9.96. The Balaban J connectivity index is 0.000000205. The average Bonchev–Trinajstić information content (AvgIpc) is 3.19. The Morgan fingerprint density at radius 3 is 1.15 bits per heavy atom. The first-order valence-electron chi connectivity index (χ1n) is 17.9. The van der Waals surface area contributed by atoms with Crippen LogP contribution in [0.4, 0.5) is 41.6 Å². The van der Waals surface area contributed by atoms with Gasteiger partial charge in [-0.15, -0.1) is 0 Å². The van der Waals surface area contributed by atoms with Gasteiger partial charge in [0.2, 0.25) is 0 Å². The van der Waals surface area contributed by atoms with Gasteiger partial charge >= 0.3 is 6.18 Å². The molecule has 0 radical (unpaired) electrons. The molecule has 0 atom stereocenters. The summed E-state index contributed by atoms with van der Waals surface area (Å²) in [6.07, 6.45) is 1.88. The van der Waals surface area contributed by atoms with Crippen LogP contribution < -0.4 is 31.9 Å². The van der Waals surface area contributed by atoms with Gasteiger partial charge in [0, 0.05) is 39.5 Å². The Hall–Kier alpha value is -2.47. The van der Waals surface area contributed by atoms with Gasteiger partial charge in [-0.1, -0.05) is 30.9 Å². The summed E-state index contributed by atoms with van der Waals surface area (Å²) in [5.74, 6) is 0.390. The predicted octanol–water partition coefficient (Wildman–Crippen LogP) is 15.7. The number of hydrogen-bond acceptors (Lipinski definition) is 6. The molecule has 0 saturated heterocycles. The monoisotopic (exact) mass is 1310 g/mol. The minimum Gasteiger partial charge on any atom is -0.506 e. The maximum atomic E-state index is 12.5. The van der Waals surface area contributed by atoms with E-state index in [4.69, 9.17) is 48.3 Å². The standard InChI is InChI=1S/C14H9Br2F3N2OS.C13H9Br2ClN2OS.C13H16Br2N2OS/c15-10-5-9(6-11(16)12(10)22)21-13(23)20-8-3-1-7(2-4-8)14(17,18)19;14-10-5-9(6-11(15)12(10)19)18-13(20)17-8-3-1-7(16)2-4-8;14-10-6-9(7-11(15)12(10)18)17-13(19)16-8-4-2-1-3-5-8/h1-6,22H,(H2,20,21,23);1-6,19H,(H2,17,18,20);6-8,18H,1-5H2,(H2,16,17,19). The van der Waals surface area contributed by atoms with Crippen molar-refractivity contribution in [1.29, 1.82) is 0 Å². The van der Waals surface area contributed by atoms with Crippen LogP contribution >= 0.6 is 144 Å². The zero-order valence-electron chi connectivity index (χ0n) is 31.5. The van der Waals surface area contributed by atoms with E-state index in [9.17, 15) is 28.5 Å². The molecule has 5 aromatic carbocycles. The van der Waals surface area contributed by atoms with Gasteiger partial charge in [-0.3, -0.25) is 0 Å². The van der Waals surface area contributed by atoms with Crippen molar-refractivity contribution in [2.75, 3.05) is 26.6 Å². The fourth-order valence-corrected chi connectivity index (χ4v) is 9.82. The molecular weight excluding hydrogens is 1280 g/mol. The number of phenols is 3. The van der Waals surface area contributed by atoms with Crippen molar-refractivity contribution in [3.63, 3.8) is 0 Å². The fourth-order valence-electron chi connectivity index (χ4n) is 5.38. The molecule has 0 aromatic heterocycles. The van der Waals surface area contributed by atoms with Crippen LogP contribution in [0.3, 0.4) is 0 Å². The number of alkyl halides is 3. The van der Waals surface area contributed by atoms with Crippen molar-refractivity contribution < 1.29 is 28.5 Å². The number of aromatic hydroxyl groups is 3. The van der Waals surface area contributed by atoms with Gasteiger partial charge in [0.25, 0.3) is 0 Å². The topological polar surface area (TPSA) is 133 Å². The van der Waals surface area contributed by atoms with Crippen molar-refractivity contribution in [3.8, 4) is 17.2 Å². The second kappa shape index (κ2) is 24.7. The van der Waals surface area contributed by atoms with Crippen LogP contribution in [-0.4, -0.2) is 36.7 Å². The van der Waals surface area contributed by atoms with Crippen LogP contribution in [0.5, 0.6) is 17.2 Å². The van der Waals surface area contributed by atoms with Crippen LogP contribution in [0, 0.1) is 0 Å². The Bertz CT molecular complexity index is 2310. The largest absolute Gasteiger partial charge is 0.506 e. The molecule has 0 bridgehead atoms. The molecule has 0 amide bonds. The highest BCUT2D eigenvalue weighted by Gasteiger charge is 2.30. The molecule has 0 aliphatic heterocycles. The molecule has 1 aliphatic rings. The maximum absolute atomic E-state index is 12.5. The van der Waals surface area contributed by atoms with Crippen molar-refractivity contribution >= 4 is 188 Å². The Kier molecular flexibility index (Phi) is 20.8. The maximum Gasteiger partial charge on any atom is 0.416 e. The van der Waals surface area contributed by atoms with E-state index in [1.54, 1.807) is 48.5 Å². The third kappa shape index (κ3) is 17.2. The van der Waals surface area contributed by atoms with Gasteiger partial charge < -0.3 is 47.2 Å². The summed E-state index contributed by atoms with van der Waals surface area (Å²) in [6.45, 7) is 0. The van der Waals surface area contributed by atoms with Crippen molar-refractivity contribution in [2.24, 2.45) is 0 Å². The van der Waals surface area contributed by atoms with Gasteiger partial charge in [-0.25, -0.2) is 0 Å². The van der Waals surface area contributed by atoms with Crippen LogP contribution in [0.1, 0.15) is 37.7 Å². The number of halogens is 10. The summed E-state index contributed by atoms with van der Waals surface area (Å²) in [6, 6.07) is 22.5. The molecule has 9 N–H and O–H groups in total. The average molecular weight is 1310 g/mol. The lowest BCUT2D eigenvalue weighted by molar-refractivity contribution is -0.137. The number of thiocarbonyl (C=S) groups is 3. The molecule has 0 heterocycles. The number of phenolic OH excluding ortho intramolecular Hbond substituents is 3. The number of rotatable bonds is 6. The van der Waals surface area contributed by atoms with Gasteiger partial charge in [0.05, 0.1) is 32.4 Å². The molecule has 22 heteroatoms. The first-order valence-corrected chi connectivity index (χ1v) is 24.2. The number of hydrogen-bond donors (Lipinski definition) is 9. The summed E-state index contributed by atoms with van der Waals surface area (Å²) in [5, 5.41) is 49.1. The van der Waals surface area contributed by atoms with Gasteiger partial charge in [-0.05, 0) is 230 Å². The van der Waals surface area contributed by atoms with Crippen LogP contribution in [0.25, 0.3) is 0 Å². The van der Waals surface area contributed by atoms with E-state index in [1.807, 2.05) is 12.1 Å². The van der Waals surface area contributed by atoms with E-state index >= 15 is 0 Å². The molecule has 0 spiro atoms. The Morgan fingerprint density at radius 2 is 0.806 bits per heavy atom. The quantitative estimate of drug-likeness (QED) is 0.0592. The molecule has 1 fully saturated rings. The summed E-state index contributed by atoms with van der Waals surface area (Å²) >= 11 is 41.0. The van der Waals surface area contributed by atoms with E-state index in [-0.39, 0.29) is 22.4 Å². The molecule has 5 aromatic rings. The first-order chi connectivity index (χ1) is 29.2. The van der Waals surface area contributed by atoms with Crippen LogP contribution in [-0.2, 0) is 6.18 Å². The third-order valence-electron chi connectivity index (χ3n) is 8.34. The summed E-state index contributed by atoms with van der Waals surface area (Å²) in [4.78, 5) is 0. The highest BCUT2D eigenvalue weighted by molar-refractivity contribution is 9.12. The SMILES string of the molecule is Oc1c(Br)cc(NC(=S)NC2CCCCC2)cc1Br.Oc1c(Br)cc(NC(=S)Nc2ccc(C(F)(F)F)cc2)cc1Br.Oc1c(Br)cc(NC(=S)Nc2ccc(Cl)cc2)cc1Br. The normalized spacial score (nSPS) is 12.4. The van der Waals surface area contributed by atoms with Crippen molar-refractivity contribution in [1.82, 2.24) is 5.32 Å². The first kappa shape index (κ1) is 52.2. The number of benzene rings is 5. The summed E-state index contributed by atoms with van der Waals surface area (Å²) in [7, 11) is 0. The summed E-state index contributed by atoms with van der Waals surface area (Å²) < 4.78 is 40.8. The lowest BCUT2D eigenvalue weighted by Gasteiger charge is -2.24.